The molecule has 1 aromatic heterocycles. The topological polar surface area (TPSA) is 76.2 Å². The molecule has 0 amide bonds. The Labute approximate surface area is 73.2 Å². The van der Waals surface area contributed by atoms with Gasteiger partial charge in [0.25, 0.3) is 5.82 Å². The van der Waals surface area contributed by atoms with Crippen molar-refractivity contribution in [1.29, 1.82) is 0 Å². The fraction of sp³-hybridized carbons (Fsp3) is 0.500. The molecule has 0 spiro atoms. The quantitative estimate of drug-likeness (QED) is 0.748. The fourth-order valence-corrected chi connectivity index (χ4v) is 1.01. The van der Waals surface area contributed by atoms with E-state index in [2.05, 4.69) is 14.7 Å². The lowest BCUT2D eigenvalue weighted by molar-refractivity contribution is 0.0680. The third-order valence-electron chi connectivity index (χ3n) is 1.18. The Hall–Kier alpha value is -1.04. The zero-order valence-corrected chi connectivity index (χ0v) is 7.30. The highest BCUT2D eigenvalue weighted by Crippen LogP contribution is 2.02. The van der Waals surface area contributed by atoms with Crippen molar-refractivity contribution in [1.82, 2.24) is 10.1 Å². The molecule has 1 aromatic rings. The number of hydrogen-bond donors (Lipinski definition) is 1. The maximum absolute atomic E-state index is 10.3. The van der Waals surface area contributed by atoms with Gasteiger partial charge in [-0.3, -0.25) is 0 Å². The van der Waals surface area contributed by atoms with Crippen molar-refractivity contribution >= 4 is 17.7 Å². The van der Waals surface area contributed by atoms with Gasteiger partial charge in [0, 0.05) is 12.2 Å². The standard InChI is InChI=1S/C6H8N2O3S/c1-12-3-2-4-7-5(6(9)10)8-11-4/h2-3H2,1H3,(H,9,10). The van der Waals surface area contributed by atoms with Gasteiger partial charge in [-0.2, -0.15) is 16.7 Å². The van der Waals surface area contributed by atoms with E-state index >= 15 is 0 Å². The number of aromatic nitrogens is 2. The van der Waals surface area contributed by atoms with Gasteiger partial charge in [-0.25, -0.2) is 4.79 Å². The second kappa shape index (κ2) is 4.10. The molecule has 0 aliphatic heterocycles. The summed E-state index contributed by atoms with van der Waals surface area (Å²) in [6.45, 7) is 0. The van der Waals surface area contributed by atoms with Gasteiger partial charge in [0.15, 0.2) is 0 Å². The van der Waals surface area contributed by atoms with Gasteiger partial charge >= 0.3 is 5.97 Å². The number of nitrogens with zero attached hydrogens (tertiary/aromatic N) is 2. The van der Waals surface area contributed by atoms with Crippen LogP contribution in [0, 0.1) is 0 Å². The van der Waals surface area contributed by atoms with Crippen molar-refractivity contribution in [3.8, 4) is 0 Å². The first kappa shape index (κ1) is 9.05. The van der Waals surface area contributed by atoms with Crippen molar-refractivity contribution in [3.05, 3.63) is 11.7 Å². The average molecular weight is 188 g/mol. The van der Waals surface area contributed by atoms with E-state index in [0.717, 1.165) is 5.75 Å². The van der Waals surface area contributed by atoms with Crippen LogP contribution in [0.25, 0.3) is 0 Å². The highest BCUT2D eigenvalue weighted by molar-refractivity contribution is 7.98. The molecule has 6 heteroatoms. The van der Waals surface area contributed by atoms with Crippen LogP contribution in [0.1, 0.15) is 16.5 Å². The van der Waals surface area contributed by atoms with Crippen LogP contribution in [0.15, 0.2) is 4.52 Å². The summed E-state index contributed by atoms with van der Waals surface area (Å²) in [6.07, 6.45) is 2.57. The van der Waals surface area contributed by atoms with Crippen molar-refractivity contribution in [3.63, 3.8) is 0 Å². The van der Waals surface area contributed by atoms with E-state index in [4.69, 9.17) is 5.11 Å². The van der Waals surface area contributed by atoms with E-state index in [0.29, 0.717) is 12.3 Å². The number of thioether (sulfide) groups is 1. The van der Waals surface area contributed by atoms with Gasteiger partial charge in [0.05, 0.1) is 0 Å². The molecule has 1 heterocycles. The minimum Gasteiger partial charge on any atom is -0.475 e. The molecule has 0 radical (unpaired) electrons. The van der Waals surface area contributed by atoms with Gasteiger partial charge in [0.1, 0.15) is 0 Å². The van der Waals surface area contributed by atoms with Crippen LogP contribution in [-0.4, -0.2) is 33.2 Å². The van der Waals surface area contributed by atoms with Crippen LogP contribution in [0.5, 0.6) is 0 Å². The SMILES string of the molecule is CSCCc1nc(C(=O)O)no1. The second-order valence-corrected chi connectivity index (χ2v) is 3.05. The molecule has 5 nitrogen and oxygen atoms in total. The molecule has 0 bridgehead atoms. The molecule has 0 aromatic carbocycles. The lowest BCUT2D eigenvalue weighted by Gasteiger charge is -1.87. The van der Waals surface area contributed by atoms with Crippen LogP contribution in [0.3, 0.4) is 0 Å². The van der Waals surface area contributed by atoms with Crippen LogP contribution in [0.4, 0.5) is 0 Å². The Morgan fingerprint density at radius 1 is 1.75 bits per heavy atom. The molecule has 0 fully saturated rings. The van der Waals surface area contributed by atoms with E-state index < -0.39 is 5.97 Å². The Kier molecular flexibility index (Phi) is 3.09. The molecule has 66 valence electrons. The molecular formula is C6H8N2O3S. The molecule has 0 saturated heterocycles. The van der Waals surface area contributed by atoms with Crippen LogP contribution in [-0.2, 0) is 6.42 Å². The van der Waals surface area contributed by atoms with Gasteiger partial charge < -0.3 is 9.63 Å². The third kappa shape index (κ3) is 2.23. The Balaban J connectivity index is 2.58. The summed E-state index contributed by atoms with van der Waals surface area (Å²) in [4.78, 5) is 14.0. The maximum atomic E-state index is 10.3. The predicted molar refractivity (Wildman–Crippen MR) is 43.3 cm³/mol. The molecule has 1 rings (SSSR count). The monoisotopic (exact) mass is 188 g/mol. The van der Waals surface area contributed by atoms with E-state index in [1.165, 1.54) is 0 Å². The van der Waals surface area contributed by atoms with E-state index in [1.54, 1.807) is 11.8 Å². The minimum absolute atomic E-state index is 0.272. The summed E-state index contributed by atoms with van der Waals surface area (Å²) < 4.78 is 4.67. The molecule has 0 saturated carbocycles. The lowest BCUT2D eigenvalue weighted by Crippen LogP contribution is -1.99. The number of hydrogen-bond acceptors (Lipinski definition) is 5. The predicted octanol–water partition coefficient (Wildman–Crippen LogP) is 0.673. The molecule has 0 atom stereocenters. The van der Waals surface area contributed by atoms with Crippen LogP contribution in [0.2, 0.25) is 0 Å². The van der Waals surface area contributed by atoms with Crippen molar-refractivity contribution in [2.24, 2.45) is 0 Å². The van der Waals surface area contributed by atoms with Crippen molar-refractivity contribution in [2.45, 2.75) is 6.42 Å². The molecule has 0 aliphatic rings. The van der Waals surface area contributed by atoms with E-state index in [1.807, 2.05) is 6.26 Å². The van der Waals surface area contributed by atoms with Crippen molar-refractivity contribution < 1.29 is 14.4 Å². The number of aromatic carboxylic acids is 1. The summed E-state index contributed by atoms with van der Waals surface area (Å²) in [5.74, 6) is -0.205. The Morgan fingerprint density at radius 3 is 3.00 bits per heavy atom. The van der Waals surface area contributed by atoms with Gasteiger partial charge in [-0.05, 0) is 11.4 Å². The summed E-state index contributed by atoms with van der Waals surface area (Å²) in [5.41, 5.74) is 0. The van der Waals surface area contributed by atoms with Gasteiger partial charge in [-0.1, -0.05) is 0 Å². The minimum atomic E-state index is -1.16. The van der Waals surface area contributed by atoms with Crippen LogP contribution >= 0.6 is 11.8 Å². The first-order chi connectivity index (χ1) is 5.74. The molecule has 0 unspecified atom stereocenters. The summed E-state index contributed by atoms with van der Waals surface area (Å²) in [5, 5.41) is 11.7. The fourth-order valence-electron chi connectivity index (χ4n) is 0.633. The van der Waals surface area contributed by atoms with E-state index in [-0.39, 0.29) is 5.82 Å². The van der Waals surface area contributed by atoms with Crippen molar-refractivity contribution in [2.75, 3.05) is 12.0 Å². The van der Waals surface area contributed by atoms with Gasteiger partial charge in [-0.15, -0.1) is 0 Å². The Morgan fingerprint density at radius 2 is 2.50 bits per heavy atom. The first-order valence-corrected chi connectivity index (χ1v) is 4.68. The number of carbonyl (C=O) groups is 1. The number of carboxylic acid groups (broad SMARTS) is 1. The highest BCUT2D eigenvalue weighted by atomic mass is 32.2. The van der Waals surface area contributed by atoms with Gasteiger partial charge in [0.2, 0.25) is 5.89 Å². The Bertz CT molecular complexity index is 274. The lowest BCUT2D eigenvalue weighted by atomic mass is 10.5. The van der Waals surface area contributed by atoms with Crippen LogP contribution < -0.4 is 0 Å². The van der Waals surface area contributed by atoms with E-state index in [9.17, 15) is 4.79 Å². The molecule has 1 N–H and O–H groups in total. The molecule has 12 heavy (non-hydrogen) atoms. The maximum Gasteiger partial charge on any atom is 0.377 e. The summed E-state index contributed by atoms with van der Waals surface area (Å²) in [7, 11) is 0. The first-order valence-electron chi connectivity index (χ1n) is 3.29. The number of aryl methyl sites for hydroxylation is 1. The summed E-state index contributed by atoms with van der Waals surface area (Å²) in [6, 6.07) is 0. The third-order valence-corrected chi connectivity index (χ3v) is 1.79. The highest BCUT2D eigenvalue weighted by Gasteiger charge is 2.11. The molecule has 0 aliphatic carbocycles. The second-order valence-electron chi connectivity index (χ2n) is 2.06. The zero-order valence-electron chi connectivity index (χ0n) is 6.48. The summed E-state index contributed by atoms with van der Waals surface area (Å²) >= 11 is 1.64. The number of rotatable bonds is 4. The molecular weight excluding hydrogens is 180 g/mol. The zero-order chi connectivity index (χ0) is 8.97. The number of carboxylic acids is 1. The smallest absolute Gasteiger partial charge is 0.377 e. The average Bonchev–Trinajstić information content (AvgIpc) is 2.48. The normalized spacial score (nSPS) is 10.1. The largest absolute Gasteiger partial charge is 0.475 e.